The van der Waals surface area contributed by atoms with Gasteiger partial charge in [0.2, 0.25) is 0 Å². The molecule has 0 radical (unpaired) electrons. The molecule has 0 spiro atoms. The third-order valence-electron chi connectivity index (χ3n) is 3.38. The number of hydrogen-bond acceptors (Lipinski definition) is 3. The highest BCUT2D eigenvalue weighted by atomic mass is 32.2. The van der Waals surface area contributed by atoms with Crippen molar-refractivity contribution in [3.8, 4) is 11.5 Å². The normalized spacial score (nSPS) is 12.9. The number of rotatable bonds is 7. The third kappa shape index (κ3) is 5.70. The minimum absolute atomic E-state index is 0.225. The summed E-state index contributed by atoms with van der Waals surface area (Å²) in [5.74, 6) is 1.88. The highest BCUT2D eigenvalue weighted by Crippen LogP contribution is 2.29. The van der Waals surface area contributed by atoms with E-state index in [9.17, 15) is 9.00 Å². The lowest BCUT2D eigenvalue weighted by Crippen LogP contribution is -2.38. The van der Waals surface area contributed by atoms with Gasteiger partial charge < -0.3 is 15.4 Å². The third-order valence-corrected chi connectivity index (χ3v) is 4.16. The van der Waals surface area contributed by atoms with E-state index in [2.05, 4.69) is 10.6 Å². The lowest BCUT2D eigenvalue weighted by molar-refractivity contribution is 0.238. The van der Waals surface area contributed by atoms with Crippen LogP contribution in [0.5, 0.6) is 11.5 Å². The van der Waals surface area contributed by atoms with E-state index in [0.717, 1.165) is 11.3 Å². The van der Waals surface area contributed by atoms with Crippen LogP contribution in [0.4, 0.5) is 4.79 Å². The van der Waals surface area contributed by atoms with Crippen LogP contribution in [0, 0.1) is 0 Å². The Labute approximate surface area is 144 Å². The molecule has 128 valence electrons. The van der Waals surface area contributed by atoms with Gasteiger partial charge in [0.1, 0.15) is 11.5 Å². The molecule has 5 nitrogen and oxygen atoms in total. The van der Waals surface area contributed by atoms with Crippen LogP contribution in [-0.4, -0.2) is 28.8 Å². The number of carbonyl (C=O) groups excluding carboxylic acids is 1. The maximum Gasteiger partial charge on any atom is 0.315 e. The predicted molar refractivity (Wildman–Crippen MR) is 96.8 cm³/mol. The van der Waals surface area contributed by atoms with E-state index in [-0.39, 0.29) is 12.1 Å². The van der Waals surface area contributed by atoms with Gasteiger partial charge in [-0.3, -0.25) is 4.21 Å². The van der Waals surface area contributed by atoms with Gasteiger partial charge in [-0.2, -0.15) is 0 Å². The van der Waals surface area contributed by atoms with E-state index in [0.29, 0.717) is 18.0 Å². The van der Waals surface area contributed by atoms with E-state index in [1.807, 2.05) is 61.5 Å². The fraction of sp³-hybridized carbons (Fsp3) is 0.278. The molecule has 2 aromatic rings. The fourth-order valence-corrected chi connectivity index (χ4v) is 2.57. The molecule has 2 amide bonds. The molecule has 0 saturated carbocycles. The Morgan fingerprint density at radius 2 is 1.79 bits per heavy atom. The van der Waals surface area contributed by atoms with Crippen molar-refractivity contribution in [1.29, 1.82) is 0 Å². The average molecular weight is 346 g/mol. The van der Waals surface area contributed by atoms with Crippen molar-refractivity contribution in [3.05, 3.63) is 60.2 Å². The number of ether oxygens (including phenoxy) is 1. The van der Waals surface area contributed by atoms with Crippen LogP contribution < -0.4 is 15.4 Å². The van der Waals surface area contributed by atoms with Gasteiger partial charge in [-0.25, -0.2) is 4.79 Å². The average Bonchev–Trinajstić information content (AvgIpc) is 2.56. The van der Waals surface area contributed by atoms with Crippen LogP contribution in [-0.2, 0) is 10.8 Å². The standard InChI is InChI=1S/C18H22N2O3S/c1-14(20-18(21)19-12-13-24(2)22)16-10-6-7-11-17(16)23-15-8-4-3-5-9-15/h3-11,14H,12-13H2,1-2H3,(H2,19,20,21)/t14-,24+/m1/s1. The molecule has 2 N–H and O–H groups in total. The number of urea groups is 1. The quantitative estimate of drug-likeness (QED) is 0.809. The van der Waals surface area contributed by atoms with E-state index >= 15 is 0 Å². The van der Waals surface area contributed by atoms with Gasteiger partial charge in [0.25, 0.3) is 0 Å². The minimum Gasteiger partial charge on any atom is -0.457 e. The summed E-state index contributed by atoms with van der Waals surface area (Å²) in [5, 5.41) is 5.57. The first-order valence-electron chi connectivity index (χ1n) is 7.72. The van der Waals surface area contributed by atoms with Gasteiger partial charge >= 0.3 is 6.03 Å². The van der Waals surface area contributed by atoms with Crippen LogP contribution in [0.15, 0.2) is 54.6 Å². The second-order valence-electron chi connectivity index (χ2n) is 5.35. The zero-order chi connectivity index (χ0) is 17.4. The van der Waals surface area contributed by atoms with Crippen molar-refractivity contribution in [2.75, 3.05) is 18.6 Å². The first-order chi connectivity index (χ1) is 11.6. The summed E-state index contributed by atoms with van der Waals surface area (Å²) in [6.45, 7) is 2.27. The van der Waals surface area contributed by atoms with Gasteiger partial charge in [-0.1, -0.05) is 36.4 Å². The van der Waals surface area contributed by atoms with Crippen molar-refractivity contribution in [3.63, 3.8) is 0 Å². The molecule has 0 bridgehead atoms. The van der Waals surface area contributed by atoms with Crippen molar-refractivity contribution < 1.29 is 13.7 Å². The summed E-state index contributed by atoms with van der Waals surface area (Å²) >= 11 is 0. The van der Waals surface area contributed by atoms with Gasteiger partial charge in [-0.05, 0) is 25.1 Å². The first-order valence-corrected chi connectivity index (χ1v) is 9.45. The Hall–Kier alpha value is -2.34. The van der Waals surface area contributed by atoms with Gasteiger partial charge in [0.15, 0.2) is 0 Å². The first kappa shape index (κ1) is 18.0. The molecular weight excluding hydrogens is 324 g/mol. The van der Waals surface area contributed by atoms with E-state index in [1.165, 1.54) is 0 Å². The van der Waals surface area contributed by atoms with Crippen molar-refractivity contribution in [2.45, 2.75) is 13.0 Å². The molecule has 2 aromatic carbocycles. The Morgan fingerprint density at radius 1 is 1.12 bits per heavy atom. The number of amides is 2. The number of nitrogens with one attached hydrogen (secondary N) is 2. The zero-order valence-corrected chi connectivity index (χ0v) is 14.6. The van der Waals surface area contributed by atoms with E-state index in [4.69, 9.17) is 4.74 Å². The van der Waals surface area contributed by atoms with E-state index in [1.54, 1.807) is 6.26 Å². The van der Waals surface area contributed by atoms with Crippen LogP contribution in [0.2, 0.25) is 0 Å². The molecular formula is C18H22N2O3S. The Bertz CT molecular complexity index is 692. The largest absolute Gasteiger partial charge is 0.457 e. The summed E-state index contributed by atoms with van der Waals surface area (Å²) in [5.41, 5.74) is 0.885. The lowest BCUT2D eigenvalue weighted by atomic mass is 10.1. The SMILES string of the molecule is C[C@@H](NC(=O)NCC[S@](C)=O)c1ccccc1Oc1ccccc1. The second kappa shape index (κ2) is 9.08. The maximum absolute atomic E-state index is 11.9. The molecule has 0 unspecified atom stereocenters. The highest BCUT2D eigenvalue weighted by Gasteiger charge is 2.14. The molecule has 2 rings (SSSR count). The molecule has 0 fully saturated rings. The van der Waals surface area contributed by atoms with Crippen LogP contribution in [0.25, 0.3) is 0 Å². The van der Waals surface area contributed by atoms with Crippen molar-refractivity contribution in [1.82, 2.24) is 10.6 Å². The Kier molecular flexibility index (Phi) is 6.81. The molecule has 2 atom stereocenters. The molecule has 0 aliphatic carbocycles. The van der Waals surface area contributed by atoms with Crippen LogP contribution in [0.3, 0.4) is 0 Å². The Balaban J connectivity index is 2.00. The molecule has 0 aliphatic heterocycles. The monoisotopic (exact) mass is 346 g/mol. The number of para-hydroxylation sites is 2. The molecule has 24 heavy (non-hydrogen) atoms. The van der Waals surface area contributed by atoms with Crippen LogP contribution in [0.1, 0.15) is 18.5 Å². The summed E-state index contributed by atoms with van der Waals surface area (Å²) in [6, 6.07) is 16.6. The molecule has 0 aromatic heterocycles. The van der Waals surface area contributed by atoms with E-state index < -0.39 is 10.8 Å². The van der Waals surface area contributed by atoms with Gasteiger partial charge in [0, 0.05) is 34.9 Å². The van der Waals surface area contributed by atoms with Crippen molar-refractivity contribution in [2.24, 2.45) is 0 Å². The van der Waals surface area contributed by atoms with Crippen LogP contribution >= 0.6 is 0 Å². The van der Waals surface area contributed by atoms with Gasteiger partial charge in [0.05, 0.1) is 6.04 Å². The molecule has 0 heterocycles. The Morgan fingerprint density at radius 3 is 2.50 bits per heavy atom. The number of benzene rings is 2. The zero-order valence-electron chi connectivity index (χ0n) is 13.8. The van der Waals surface area contributed by atoms with Gasteiger partial charge in [-0.15, -0.1) is 0 Å². The summed E-state index contributed by atoms with van der Waals surface area (Å²) < 4.78 is 16.9. The lowest BCUT2D eigenvalue weighted by Gasteiger charge is -2.18. The molecule has 0 saturated heterocycles. The summed E-state index contributed by atoms with van der Waals surface area (Å²) in [6.07, 6.45) is 1.61. The smallest absolute Gasteiger partial charge is 0.315 e. The highest BCUT2D eigenvalue weighted by molar-refractivity contribution is 7.84. The molecule has 6 heteroatoms. The number of hydrogen-bond donors (Lipinski definition) is 2. The van der Waals surface area contributed by atoms with Crippen molar-refractivity contribution >= 4 is 16.8 Å². The maximum atomic E-state index is 11.9. The summed E-state index contributed by atoms with van der Waals surface area (Å²) in [7, 11) is -0.919. The fourth-order valence-electron chi connectivity index (χ4n) is 2.18. The summed E-state index contributed by atoms with van der Waals surface area (Å²) in [4.78, 5) is 11.9. The minimum atomic E-state index is -0.919. The predicted octanol–water partition coefficient (Wildman–Crippen LogP) is 3.22. The molecule has 0 aliphatic rings. The second-order valence-corrected chi connectivity index (χ2v) is 6.91. The topological polar surface area (TPSA) is 67.4 Å². The number of carbonyl (C=O) groups is 1.